The molecule has 1 atom stereocenters. The van der Waals surface area contributed by atoms with Crippen molar-refractivity contribution in [2.75, 3.05) is 6.54 Å². The van der Waals surface area contributed by atoms with Crippen LogP contribution in [0.2, 0.25) is 0 Å². The Bertz CT molecular complexity index is 830. The van der Waals surface area contributed by atoms with Gasteiger partial charge < -0.3 is 4.57 Å². The highest BCUT2D eigenvalue weighted by Gasteiger charge is 2.24. The van der Waals surface area contributed by atoms with E-state index in [1.165, 1.54) is 24.8 Å². The highest BCUT2D eigenvalue weighted by molar-refractivity contribution is 6.16. The lowest BCUT2D eigenvalue weighted by Crippen LogP contribution is -2.41. The first-order valence-corrected chi connectivity index (χ1v) is 9.52. The molecule has 1 aromatic carbocycles. The lowest BCUT2D eigenvalue weighted by atomic mass is 10.0. The van der Waals surface area contributed by atoms with E-state index in [1.807, 2.05) is 18.3 Å². The van der Waals surface area contributed by atoms with E-state index in [9.17, 15) is 0 Å². The molecule has 0 spiro atoms. The number of rotatable bonds is 5. The van der Waals surface area contributed by atoms with Gasteiger partial charge in [0.25, 0.3) is 0 Å². The molecular formula is C20H23ClN4. The summed E-state index contributed by atoms with van der Waals surface area (Å²) in [6, 6.07) is 15.2. The summed E-state index contributed by atoms with van der Waals surface area (Å²) < 4.78 is 2.22. The fraction of sp³-hybridized carbons (Fsp3) is 0.400. The Labute approximate surface area is 153 Å². The van der Waals surface area contributed by atoms with Crippen LogP contribution in [0.3, 0.4) is 0 Å². The number of likely N-dealkylation sites (tertiary alicyclic amines) is 1. The largest absolute Gasteiger partial charge is 0.310 e. The van der Waals surface area contributed by atoms with Crippen molar-refractivity contribution < 1.29 is 0 Å². The Kier molecular flexibility index (Phi) is 4.99. The predicted octanol–water partition coefficient (Wildman–Crippen LogP) is 4.22. The van der Waals surface area contributed by atoms with Gasteiger partial charge in [-0.1, -0.05) is 36.8 Å². The molecule has 130 valence electrons. The Morgan fingerprint density at radius 1 is 1.08 bits per heavy atom. The van der Waals surface area contributed by atoms with Crippen LogP contribution in [0.5, 0.6) is 0 Å². The first-order chi connectivity index (χ1) is 12.3. The molecule has 5 heteroatoms. The minimum absolute atomic E-state index is 0.418. The molecule has 0 unspecified atom stereocenters. The van der Waals surface area contributed by atoms with Crippen LogP contribution in [0.25, 0.3) is 11.2 Å². The highest BCUT2D eigenvalue weighted by atomic mass is 35.5. The van der Waals surface area contributed by atoms with Gasteiger partial charge in [0.1, 0.15) is 11.3 Å². The van der Waals surface area contributed by atoms with Crippen LogP contribution in [-0.4, -0.2) is 32.0 Å². The molecule has 0 saturated carbocycles. The number of fused-ring (bicyclic) bond motifs is 1. The van der Waals surface area contributed by atoms with Crippen LogP contribution in [-0.2, 0) is 19.0 Å². The third-order valence-electron chi connectivity index (χ3n) is 5.07. The molecular weight excluding hydrogens is 332 g/mol. The molecule has 25 heavy (non-hydrogen) atoms. The lowest BCUT2D eigenvalue weighted by Gasteiger charge is -2.36. The molecule has 0 bridgehead atoms. The number of hydrogen-bond acceptors (Lipinski definition) is 3. The Hall–Kier alpha value is -1.91. The first kappa shape index (κ1) is 16.6. The fourth-order valence-electron chi connectivity index (χ4n) is 3.80. The van der Waals surface area contributed by atoms with Crippen molar-refractivity contribution in [3.8, 4) is 0 Å². The maximum absolute atomic E-state index is 6.16. The zero-order valence-electron chi connectivity index (χ0n) is 14.3. The number of imidazole rings is 1. The third kappa shape index (κ3) is 3.55. The van der Waals surface area contributed by atoms with E-state index in [-0.39, 0.29) is 0 Å². The van der Waals surface area contributed by atoms with Gasteiger partial charge in [-0.3, -0.25) is 4.90 Å². The number of hydrogen-bond donors (Lipinski definition) is 0. The van der Waals surface area contributed by atoms with E-state index in [1.54, 1.807) is 0 Å². The second-order valence-corrected chi connectivity index (χ2v) is 6.99. The number of aromatic nitrogens is 3. The Morgan fingerprint density at radius 3 is 2.80 bits per heavy atom. The van der Waals surface area contributed by atoms with Crippen molar-refractivity contribution in [3.05, 3.63) is 60.0 Å². The van der Waals surface area contributed by atoms with E-state index in [2.05, 4.69) is 49.8 Å². The van der Waals surface area contributed by atoms with Gasteiger partial charge in [-0.05, 0) is 37.1 Å². The zero-order chi connectivity index (χ0) is 17.1. The van der Waals surface area contributed by atoms with Gasteiger partial charge in [-0.15, -0.1) is 11.6 Å². The molecule has 4 rings (SSSR count). The van der Waals surface area contributed by atoms with Gasteiger partial charge in [-0.2, -0.15) is 0 Å². The lowest BCUT2D eigenvalue weighted by molar-refractivity contribution is 0.125. The van der Waals surface area contributed by atoms with Crippen molar-refractivity contribution in [2.24, 2.45) is 0 Å². The second-order valence-electron chi connectivity index (χ2n) is 6.72. The molecule has 1 fully saturated rings. The van der Waals surface area contributed by atoms with E-state index in [0.29, 0.717) is 11.9 Å². The minimum atomic E-state index is 0.418. The van der Waals surface area contributed by atoms with Gasteiger partial charge >= 0.3 is 0 Å². The van der Waals surface area contributed by atoms with E-state index in [0.717, 1.165) is 36.6 Å². The number of benzene rings is 1. The van der Waals surface area contributed by atoms with Crippen LogP contribution in [0, 0.1) is 0 Å². The van der Waals surface area contributed by atoms with Crippen LogP contribution in [0.15, 0.2) is 48.7 Å². The SMILES string of the molecule is ClCc1nc2cccnc2n1C[C@H]1CCCCN1Cc1ccccc1. The molecule has 2 aromatic heterocycles. The predicted molar refractivity (Wildman–Crippen MR) is 102 cm³/mol. The summed E-state index contributed by atoms with van der Waals surface area (Å²) in [5.41, 5.74) is 3.26. The number of nitrogens with zero attached hydrogens (tertiary/aromatic N) is 4. The highest BCUT2D eigenvalue weighted by Crippen LogP contribution is 2.24. The normalized spacial score (nSPS) is 18.7. The number of alkyl halides is 1. The summed E-state index contributed by atoms with van der Waals surface area (Å²) in [5.74, 6) is 1.34. The van der Waals surface area contributed by atoms with Crippen LogP contribution < -0.4 is 0 Å². The Morgan fingerprint density at radius 2 is 1.96 bits per heavy atom. The quantitative estimate of drug-likeness (QED) is 0.643. The van der Waals surface area contributed by atoms with E-state index >= 15 is 0 Å². The second kappa shape index (κ2) is 7.54. The summed E-state index contributed by atoms with van der Waals surface area (Å²) in [5, 5.41) is 0. The standard InChI is InChI=1S/C20H23ClN4/c21-13-19-23-18-10-6-11-22-20(18)25(19)15-17-9-4-5-12-24(17)14-16-7-2-1-3-8-16/h1-3,6-8,10-11,17H,4-5,9,12-15H2/t17-/m1/s1. The summed E-state index contributed by atoms with van der Waals surface area (Å²) in [6.07, 6.45) is 5.60. The fourth-order valence-corrected chi connectivity index (χ4v) is 4.01. The van der Waals surface area contributed by atoms with Crippen molar-refractivity contribution >= 4 is 22.8 Å². The first-order valence-electron chi connectivity index (χ1n) is 8.99. The molecule has 1 saturated heterocycles. The summed E-state index contributed by atoms with van der Waals surface area (Å²) in [6.45, 7) is 3.06. The molecule has 0 amide bonds. The van der Waals surface area contributed by atoms with Crippen molar-refractivity contribution in [1.29, 1.82) is 0 Å². The monoisotopic (exact) mass is 354 g/mol. The average molecular weight is 355 g/mol. The molecule has 0 N–H and O–H groups in total. The van der Waals surface area contributed by atoms with Gasteiger partial charge in [0.15, 0.2) is 5.65 Å². The minimum Gasteiger partial charge on any atom is -0.310 e. The van der Waals surface area contributed by atoms with Gasteiger partial charge in [-0.25, -0.2) is 9.97 Å². The summed E-state index contributed by atoms with van der Waals surface area (Å²) >= 11 is 6.16. The zero-order valence-corrected chi connectivity index (χ0v) is 15.1. The third-order valence-corrected chi connectivity index (χ3v) is 5.31. The summed E-state index contributed by atoms with van der Waals surface area (Å²) in [7, 11) is 0. The van der Waals surface area contributed by atoms with Crippen molar-refractivity contribution in [2.45, 2.75) is 44.3 Å². The van der Waals surface area contributed by atoms with Gasteiger partial charge in [0, 0.05) is 25.3 Å². The number of pyridine rings is 1. The van der Waals surface area contributed by atoms with Gasteiger partial charge in [0.05, 0.1) is 5.88 Å². The maximum atomic E-state index is 6.16. The van der Waals surface area contributed by atoms with Crippen LogP contribution in [0.4, 0.5) is 0 Å². The number of halogens is 1. The smallest absolute Gasteiger partial charge is 0.160 e. The Balaban J connectivity index is 1.59. The molecule has 3 heterocycles. The molecule has 0 radical (unpaired) electrons. The van der Waals surface area contributed by atoms with E-state index < -0.39 is 0 Å². The molecule has 3 aromatic rings. The van der Waals surface area contributed by atoms with Crippen molar-refractivity contribution in [1.82, 2.24) is 19.4 Å². The number of piperidine rings is 1. The summed E-state index contributed by atoms with van der Waals surface area (Å²) in [4.78, 5) is 11.8. The van der Waals surface area contributed by atoms with E-state index in [4.69, 9.17) is 11.6 Å². The molecule has 1 aliphatic heterocycles. The molecule has 1 aliphatic rings. The molecule has 4 nitrogen and oxygen atoms in total. The topological polar surface area (TPSA) is 34.0 Å². The molecule has 0 aliphatic carbocycles. The van der Waals surface area contributed by atoms with Crippen molar-refractivity contribution in [3.63, 3.8) is 0 Å². The maximum Gasteiger partial charge on any atom is 0.160 e. The van der Waals surface area contributed by atoms with Crippen LogP contribution in [0.1, 0.15) is 30.7 Å². The van der Waals surface area contributed by atoms with Gasteiger partial charge in [0.2, 0.25) is 0 Å². The average Bonchev–Trinajstić information content (AvgIpc) is 3.02. The van der Waals surface area contributed by atoms with Crippen LogP contribution >= 0.6 is 11.6 Å².